The Hall–Kier alpha value is -1.95. The van der Waals surface area contributed by atoms with E-state index in [0.717, 1.165) is 42.4 Å². The number of hydrogen-bond donors (Lipinski definition) is 0. The highest BCUT2D eigenvalue weighted by Crippen LogP contribution is 2.27. The van der Waals surface area contributed by atoms with Crippen LogP contribution in [0, 0.1) is 5.92 Å². The monoisotopic (exact) mass is 389 g/mol. The number of halogens is 2. The van der Waals surface area contributed by atoms with Gasteiger partial charge in [-0.05, 0) is 44.1 Å². The summed E-state index contributed by atoms with van der Waals surface area (Å²) in [5, 5.41) is 2.16. The van der Waals surface area contributed by atoms with E-state index >= 15 is 0 Å². The predicted molar refractivity (Wildman–Crippen MR) is 101 cm³/mol. The number of benzene rings is 1. The minimum absolute atomic E-state index is 0.00284. The number of rotatable bonds is 4. The Morgan fingerprint density at radius 1 is 1.23 bits per heavy atom. The number of aromatic nitrogens is 2. The van der Waals surface area contributed by atoms with E-state index in [1.165, 1.54) is 12.5 Å². The summed E-state index contributed by atoms with van der Waals surface area (Å²) in [7, 11) is 0. The maximum Gasteiger partial charge on any atom is 0.263 e. The van der Waals surface area contributed by atoms with Gasteiger partial charge in [0.1, 0.15) is 11.4 Å². The smallest absolute Gasteiger partial charge is 0.263 e. The van der Waals surface area contributed by atoms with Crippen molar-refractivity contribution < 1.29 is 9.21 Å². The Balaban J connectivity index is 1.43. The fourth-order valence-corrected chi connectivity index (χ4v) is 3.76. The number of ketones is 1. The molecule has 26 heavy (non-hydrogen) atoms. The van der Waals surface area contributed by atoms with Crippen molar-refractivity contribution in [3.8, 4) is 0 Å². The van der Waals surface area contributed by atoms with Gasteiger partial charge in [-0.25, -0.2) is 9.97 Å². The first-order valence-corrected chi connectivity index (χ1v) is 9.26. The zero-order valence-corrected chi connectivity index (χ0v) is 15.5. The van der Waals surface area contributed by atoms with E-state index in [0.29, 0.717) is 16.7 Å². The number of carbonyl (C=O) groups is 1. The van der Waals surface area contributed by atoms with Crippen LogP contribution in [0.5, 0.6) is 0 Å². The zero-order chi connectivity index (χ0) is 18.1. The molecule has 0 spiro atoms. The van der Waals surface area contributed by atoms with Gasteiger partial charge in [-0.1, -0.05) is 29.3 Å². The second-order valence-corrected chi connectivity index (χ2v) is 7.32. The molecule has 134 valence electrons. The number of hydrogen-bond acceptors (Lipinski definition) is 5. The molecule has 1 aliphatic rings. The standard InChI is InChI=1S/C19H17Cl2N3O2/c20-15-2-1-13-9-14(18(21)23-16(13)10-15)11-24-6-3-12(4-7-24)17(25)19-22-5-8-26-19/h1-2,5,8-10,12H,3-4,6-7,11H2. The van der Waals surface area contributed by atoms with Gasteiger partial charge in [-0.2, -0.15) is 0 Å². The minimum Gasteiger partial charge on any atom is -0.442 e. The Bertz CT molecular complexity index is 935. The summed E-state index contributed by atoms with van der Waals surface area (Å²) in [6, 6.07) is 7.67. The van der Waals surface area contributed by atoms with E-state index in [1.54, 1.807) is 0 Å². The number of oxazole rings is 1. The SMILES string of the molecule is O=C(c1ncco1)C1CCN(Cc2cc3ccc(Cl)cc3nc2Cl)CC1. The Morgan fingerprint density at radius 3 is 2.77 bits per heavy atom. The van der Waals surface area contributed by atoms with Crippen LogP contribution < -0.4 is 0 Å². The molecule has 7 heteroatoms. The van der Waals surface area contributed by atoms with Gasteiger partial charge in [0, 0.05) is 28.4 Å². The minimum atomic E-state index is -0.0303. The predicted octanol–water partition coefficient (Wildman–Crippen LogP) is 4.62. The van der Waals surface area contributed by atoms with Crippen LogP contribution in [0.2, 0.25) is 10.2 Å². The van der Waals surface area contributed by atoms with Crippen LogP contribution in [0.15, 0.2) is 41.1 Å². The Morgan fingerprint density at radius 2 is 2.04 bits per heavy atom. The third-order valence-electron chi connectivity index (χ3n) is 4.80. The third kappa shape index (κ3) is 3.61. The van der Waals surface area contributed by atoms with E-state index in [1.807, 2.05) is 18.2 Å². The van der Waals surface area contributed by atoms with Crippen LogP contribution in [0.25, 0.3) is 10.9 Å². The van der Waals surface area contributed by atoms with Gasteiger partial charge in [0.05, 0.1) is 11.7 Å². The van der Waals surface area contributed by atoms with Crippen LogP contribution >= 0.6 is 23.2 Å². The first-order chi connectivity index (χ1) is 12.6. The van der Waals surface area contributed by atoms with Gasteiger partial charge in [0.2, 0.25) is 5.78 Å². The van der Waals surface area contributed by atoms with E-state index in [-0.39, 0.29) is 17.6 Å². The number of Topliss-reactive ketones (excluding diaryl/α,β-unsaturated/α-hetero) is 1. The Kier molecular flexibility index (Phi) is 4.94. The van der Waals surface area contributed by atoms with Gasteiger partial charge in [-0.15, -0.1) is 0 Å². The zero-order valence-electron chi connectivity index (χ0n) is 14.0. The fourth-order valence-electron chi connectivity index (χ4n) is 3.39. The number of fused-ring (bicyclic) bond motifs is 1. The summed E-state index contributed by atoms with van der Waals surface area (Å²) in [4.78, 5) is 23.1. The molecule has 0 amide bonds. The Labute approximate surface area is 160 Å². The van der Waals surface area contributed by atoms with Crippen LogP contribution in [-0.2, 0) is 6.54 Å². The van der Waals surface area contributed by atoms with E-state index in [9.17, 15) is 4.79 Å². The van der Waals surface area contributed by atoms with Gasteiger partial charge >= 0.3 is 0 Å². The molecule has 4 rings (SSSR count). The normalized spacial score (nSPS) is 16.2. The summed E-state index contributed by atoms with van der Waals surface area (Å²) in [5.74, 6) is 0.179. The molecular weight excluding hydrogens is 373 g/mol. The van der Waals surface area contributed by atoms with Crippen LogP contribution in [0.1, 0.15) is 29.1 Å². The molecule has 0 radical (unpaired) electrons. The van der Waals surface area contributed by atoms with Crippen LogP contribution in [0.3, 0.4) is 0 Å². The highest BCUT2D eigenvalue weighted by molar-refractivity contribution is 6.32. The van der Waals surface area contributed by atoms with Gasteiger partial charge in [-0.3, -0.25) is 9.69 Å². The summed E-state index contributed by atoms with van der Waals surface area (Å²) >= 11 is 12.4. The largest absolute Gasteiger partial charge is 0.442 e. The molecule has 0 unspecified atom stereocenters. The summed E-state index contributed by atoms with van der Waals surface area (Å²) < 4.78 is 5.13. The molecule has 0 saturated carbocycles. The second-order valence-electron chi connectivity index (χ2n) is 6.53. The first kappa shape index (κ1) is 17.5. The summed E-state index contributed by atoms with van der Waals surface area (Å²) in [5.41, 5.74) is 1.78. The number of pyridine rings is 1. The highest BCUT2D eigenvalue weighted by Gasteiger charge is 2.28. The number of piperidine rings is 1. The lowest BCUT2D eigenvalue weighted by molar-refractivity contribution is 0.0799. The van der Waals surface area contributed by atoms with E-state index in [4.69, 9.17) is 27.6 Å². The second kappa shape index (κ2) is 7.35. The molecule has 0 N–H and O–H groups in total. The number of nitrogens with zero attached hydrogens (tertiary/aromatic N) is 3. The summed E-state index contributed by atoms with van der Waals surface area (Å²) in [6.45, 7) is 2.36. The van der Waals surface area contributed by atoms with Crippen molar-refractivity contribution in [1.29, 1.82) is 0 Å². The maximum absolute atomic E-state index is 12.3. The van der Waals surface area contributed by atoms with Crippen molar-refractivity contribution in [2.24, 2.45) is 5.92 Å². The summed E-state index contributed by atoms with van der Waals surface area (Å²) in [6.07, 6.45) is 4.51. The molecule has 0 aliphatic carbocycles. The van der Waals surface area contributed by atoms with Crippen molar-refractivity contribution >= 4 is 39.9 Å². The molecule has 1 saturated heterocycles. The molecule has 1 fully saturated rings. The van der Waals surface area contributed by atoms with Gasteiger partial charge < -0.3 is 4.42 Å². The molecule has 1 aromatic carbocycles. The van der Waals surface area contributed by atoms with Gasteiger partial charge in [0.25, 0.3) is 5.89 Å². The molecule has 2 aromatic heterocycles. The molecule has 1 aliphatic heterocycles. The topological polar surface area (TPSA) is 59.2 Å². The maximum atomic E-state index is 12.3. The van der Waals surface area contributed by atoms with E-state index in [2.05, 4.69) is 20.9 Å². The average molecular weight is 390 g/mol. The first-order valence-electron chi connectivity index (χ1n) is 8.51. The molecule has 0 atom stereocenters. The lowest BCUT2D eigenvalue weighted by atomic mass is 9.92. The molecular formula is C19H17Cl2N3O2. The van der Waals surface area contributed by atoms with Crippen molar-refractivity contribution in [3.05, 3.63) is 58.4 Å². The lowest BCUT2D eigenvalue weighted by Gasteiger charge is -2.30. The number of carbonyl (C=O) groups excluding carboxylic acids is 1. The number of likely N-dealkylation sites (tertiary alicyclic amines) is 1. The molecule has 3 heterocycles. The van der Waals surface area contributed by atoms with Crippen molar-refractivity contribution in [2.45, 2.75) is 19.4 Å². The fraction of sp³-hybridized carbons (Fsp3) is 0.316. The van der Waals surface area contributed by atoms with Crippen molar-refractivity contribution in [3.63, 3.8) is 0 Å². The van der Waals surface area contributed by atoms with Crippen molar-refractivity contribution in [1.82, 2.24) is 14.9 Å². The molecule has 0 bridgehead atoms. The van der Waals surface area contributed by atoms with Crippen LogP contribution in [0.4, 0.5) is 0 Å². The lowest BCUT2D eigenvalue weighted by Crippen LogP contribution is -2.36. The molecule has 3 aromatic rings. The van der Waals surface area contributed by atoms with E-state index < -0.39 is 0 Å². The highest BCUT2D eigenvalue weighted by atomic mass is 35.5. The molecule has 5 nitrogen and oxygen atoms in total. The van der Waals surface area contributed by atoms with Crippen molar-refractivity contribution in [2.75, 3.05) is 13.1 Å². The average Bonchev–Trinajstić information content (AvgIpc) is 3.17. The van der Waals surface area contributed by atoms with Gasteiger partial charge in [0.15, 0.2) is 0 Å². The third-order valence-corrected chi connectivity index (χ3v) is 5.36. The van der Waals surface area contributed by atoms with Crippen LogP contribution in [-0.4, -0.2) is 33.7 Å². The quantitative estimate of drug-likeness (QED) is 0.481.